The Morgan fingerprint density at radius 2 is 1.60 bits per heavy atom. The van der Waals surface area contributed by atoms with Crippen LogP contribution in [0.4, 0.5) is 0 Å². The molecule has 3 aliphatic heterocycles. The first kappa shape index (κ1) is 15.1. The Hall–Kier alpha value is 0.150. The zero-order chi connectivity index (χ0) is 14.5. The summed E-state index contributed by atoms with van der Waals surface area (Å²) in [5.74, 6) is -0.218. The lowest BCUT2D eigenvalue weighted by Crippen LogP contribution is -2.62. The molecule has 3 heterocycles. The molecule has 5 nitrogen and oxygen atoms in total. The minimum Gasteiger partial charge on any atom is -0.356 e. The lowest BCUT2D eigenvalue weighted by atomic mass is 9.98. The maximum atomic E-state index is 6.14. The van der Waals surface area contributed by atoms with Crippen molar-refractivity contribution in [2.75, 3.05) is 12.4 Å². The molecule has 0 unspecified atom stereocenters. The predicted octanol–water partition coefficient (Wildman–Crippen LogP) is 2.14. The molecule has 20 heavy (non-hydrogen) atoms. The minimum absolute atomic E-state index is 0.0264. The fourth-order valence-electron chi connectivity index (χ4n) is 3.04. The Balaban J connectivity index is 1.83. The van der Waals surface area contributed by atoms with Gasteiger partial charge in [-0.1, -0.05) is 6.92 Å². The minimum atomic E-state index is -0.601. The molecule has 6 heteroatoms. The van der Waals surface area contributed by atoms with Crippen molar-refractivity contribution in [3.63, 3.8) is 0 Å². The van der Waals surface area contributed by atoms with Crippen molar-refractivity contribution in [3.8, 4) is 0 Å². The van der Waals surface area contributed by atoms with E-state index in [1.165, 1.54) is 0 Å². The summed E-state index contributed by atoms with van der Waals surface area (Å²) in [5, 5.41) is 0. The van der Waals surface area contributed by atoms with Gasteiger partial charge in [-0.15, -0.1) is 11.8 Å². The van der Waals surface area contributed by atoms with E-state index in [2.05, 4.69) is 6.92 Å². The number of hydrogen-bond acceptors (Lipinski definition) is 6. The molecular weight excluding hydrogens is 280 g/mol. The fourth-order valence-corrected chi connectivity index (χ4v) is 3.99. The van der Waals surface area contributed by atoms with Crippen LogP contribution in [0.15, 0.2) is 0 Å². The molecule has 0 radical (unpaired) electrons. The monoisotopic (exact) mass is 304 g/mol. The zero-order valence-electron chi connectivity index (χ0n) is 12.8. The van der Waals surface area contributed by atoms with Crippen LogP contribution in [0, 0.1) is 0 Å². The number of fused-ring (bicyclic) bond motifs is 3. The summed E-state index contributed by atoms with van der Waals surface area (Å²) in [5.41, 5.74) is -0.0264. The van der Waals surface area contributed by atoms with Crippen LogP contribution in [-0.2, 0) is 23.7 Å². The average molecular weight is 304 g/mol. The third-order valence-electron chi connectivity index (χ3n) is 3.78. The lowest BCUT2D eigenvalue weighted by Gasteiger charge is -2.48. The van der Waals surface area contributed by atoms with E-state index in [0.29, 0.717) is 6.61 Å². The van der Waals surface area contributed by atoms with Crippen molar-refractivity contribution < 1.29 is 23.7 Å². The second-order valence-corrected chi connectivity index (χ2v) is 7.73. The molecule has 5 atom stereocenters. The molecule has 0 bridgehead atoms. The number of rotatable bonds is 2. The van der Waals surface area contributed by atoms with Gasteiger partial charge in [0.1, 0.15) is 29.9 Å². The van der Waals surface area contributed by atoms with Gasteiger partial charge in [-0.05, 0) is 33.4 Å². The Bertz CT molecular complexity index is 373. The van der Waals surface area contributed by atoms with Crippen molar-refractivity contribution >= 4 is 11.8 Å². The summed E-state index contributed by atoms with van der Waals surface area (Å²) in [7, 11) is 0. The third-order valence-corrected chi connectivity index (χ3v) is 4.82. The average Bonchev–Trinajstić information content (AvgIpc) is 2.66. The molecule has 0 saturated carbocycles. The first-order valence-electron chi connectivity index (χ1n) is 7.26. The Morgan fingerprint density at radius 3 is 2.30 bits per heavy atom. The summed E-state index contributed by atoms with van der Waals surface area (Å²) in [6.45, 7) is 10.4. The van der Waals surface area contributed by atoms with Gasteiger partial charge in [-0.25, -0.2) is 0 Å². The molecule has 0 aliphatic carbocycles. The van der Waals surface area contributed by atoms with Gasteiger partial charge in [-0.2, -0.15) is 0 Å². The summed E-state index contributed by atoms with van der Waals surface area (Å²) in [4.78, 5) is 0. The van der Waals surface area contributed by atoms with Crippen molar-refractivity contribution in [1.82, 2.24) is 0 Å². The highest BCUT2D eigenvalue weighted by Crippen LogP contribution is 2.44. The van der Waals surface area contributed by atoms with Crippen LogP contribution in [0.1, 0.15) is 34.6 Å². The van der Waals surface area contributed by atoms with Crippen LogP contribution >= 0.6 is 11.8 Å². The maximum Gasteiger partial charge on any atom is 0.164 e. The van der Waals surface area contributed by atoms with Gasteiger partial charge < -0.3 is 23.7 Å². The van der Waals surface area contributed by atoms with Gasteiger partial charge in [0, 0.05) is 0 Å². The molecule has 0 amide bonds. The quantitative estimate of drug-likeness (QED) is 0.779. The maximum absolute atomic E-state index is 6.14. The van der Waals surface area contributed by atoms with Crippen molar-refractivity contribution in [1.29, 1.82) is 0 Å². The van der Waals surface area contributed by atoms with Crippen LogP contribution in [0.3, 0.4) is 0 Å². The molecule has 0 aromatic carbocycles. The standard InChI is InChI=1S/C14H24O5S/c1-6-20-12-11-10(18-14(4,5)19-11)9-8(16-12)7-15-13(2,3)17-9/h8-12H,6-7H2,1-5H3/t8-,9-,10+,11+,12-/m1/s1. The molecule has 3 saturated heterocycles. The molecule has 0 spiro atoms. The zero-order valence-corrected chi connectivity index (χ0v) is 13.6. The van der Waals surface area contributed by atoms with Crippen LogP contribution in [0.25, 0.3) is 0 Å². The van der Waals surface area contributed by atoms with Crippen LogP contribution in [0.2, 0.25) is 0 Å². The van der Waals surface area contributed by atoms with Crippen LogP contribution in [-0.4, -0.2) is 53.8 Å². The Labute approximate surface area is 124 Å². The summed E-state index contributed by atoms with van der Waals surface area (Å²) >= 11 is 1.75. The topological polar surface area (TPSA) is 46.2 Å². The highest BCUT2D eigenvalue weighted by molar-refractivity contribution is 7.99. The van der Waals surface area contributed by atoms with Crippen molar-refractivity contribution in [2.24, 2.45) is 0 Å². The van der Waals surface area contributed by atoms with E-state index in [4.69, 9.17) is 23.7 Å². The van der Waals surface area contributed by atoms with Gasteiger partial charge in [0.2, 0.25) is 0 Å². The van der Waals surface area contributed by atoms with Crippen molar-refractivity contribution in [2.45, 2.75) is 76.0 Å². The largest absolute Gasteiger partial charge is 0.356 e. The fraction of sp³-hybridized carbons (Fsp3) is 1.00. The molecule has 3 aliphatic rings. The van der Waals surface area contributed by atoms with E-state index in [1.54, 1.807) is 11.8 Å². The van der Waals surface area contributed by atoms with E-state index in [-0.39, 0.29) is 29.9 Å². The SMILES string of the molecule is CCS[C@H]1O[C@@H]2COC(C)(C)O[C@H]2[C@@H]2OC(C)(C)O[C@@H]21. The second-order valence-electron chi connectivity index (χ2n) is 6.36. The van der Waals surface area contributed by atoms with E-state index in [9.17, 15) is 0 Å². The van der Waals surface area contributed by atoms with Gasteiger partial charge >= 0.3 is 0 Å². The molecule has 0 aromatic rings. The van der Waals surface area contributed by atoms with E-state index in [1.807, 2.05) is 27.7 Å². The highest BCUT2D eigenvalue weighted by Gasteiger charge is 2.58. The Kier molecular flexibility index (Phi) is 3.85. The summed E-state index contributed by atoms with van der Waals surface area (Å²) in [6, 6.07) is 0. The van der Waals surface area contributed by atoms with Gasteiger partial charge in [0.05, 0.1) is 6.61 Å². The molecule has 3 rings (SSSR count). The van der Waals surface area contributed by atoms with E-state index >= 15 is 0 Å². The number of thioether (sulfide) groups is 1. The molecule has 0 N–H and O–H groups in total. The first-order valence-corrected chi connectivity index (χ1v) is 8.31. The first-order chi connectivity index (χ1) is 9.31. The van der Waals surface area contributed by atoms with Crippen LogP contribution in [0.5, 0.6) is 0 Å². The van der Waals surface area contributed by atoms with E-state index in [0.717, 1.165) is 5.75 Å². The third kappa shape index (κ3) is 2.74. The van der Waals surface area contributed by atoms with Gasteiger partial charge in [0.15, 0.2) is 11.6 Å². The van der Waals surface area contributed by atoms with Crippen molar-refractivity contribution in [3.05, 3.63) is 0 Å². The molecule has 0 aromatic heterocycles. The predicted molar refractivity (Wildman–Crippen MR) is 75.5 cm³/mol. The van der Waals surface area contributed by atoms with Gasteiger partial charge in [-0.3, -0.25) is 0 Å². The van der Waals surface area contributed by atoms with Crippen LogP contribution < -0.4 is 0 Å². The number of ether oxygens (including phenoxy) is 5. The lowest BCUT2D eigenvalue weighted by molar-refractivity contribution is -0.342. The van der Waals surface area contributed by atoms with Gasteiger partial charge in [0.25, 0.3) is 0 Å². The van der Waals surface area contributed by atoms with E-state index < -0.39 is 11.6 Å². The Morgan fingerprint density at radius 1 is 0.950 bits per heavy atom. The molecule has 3 fully saturated rings. The summed E-state index contributed by atoms with van der Waals surface area (Å²) in [6.07, 6.45) is -0.425. The molecule has 116 valence electrons. The highest BCUT2D eigenvalue weighted by atomic mass is 32.2. The smallest absolute Gasteiger partial charge is 0.164 e. The normalized spacial score (nSPS) is 45.8. The second kappa shape index (κ2) is 5.11. The summed E-state index contributed by atoms with van der Waals surface area (Å²) < 4.78 is 30.0. The number of hydrogen-bond donors (Lipinski definition) is 0. The molecular formula is C14H24O5S.